The third-order valence-electron chi connectivity index (χ3n) is 3.57. The van der Waals surface area contributed by atoms with Crippen LogP contribution in [0.1, 0.15) is 43.5 Å². The molecule has 3 nitrogen and oxygen atoms in total. The normalized spacial score (nSPS) is 15.5. The Morgan fingerprint density at radius 2 is 1.83 bits per heavy atom. The van der Waals surface area contributed by atoms with Crippen LogP contribution in [0.3, 0.4) is 0 Å². The maximum absolute atomic E-state index is 5.77. The summed E-state index contributed by atoms with van der Waals surface area (Å²) in [7, 11) is 1.74. The van der Waals surface area contributed by atoms with E-state index >= 15 is 0 Å². The number of hydrogen-bond donors (Lipinski definition) is 2. The van der Waals surface area contributed by atoms with Crippen LogP contribution in [0.15, 0.2) is 18.2 Å². The van der Waals surface area contributed by atoms with E-state index in [4.69, 9.17) is 10.6 Å². The van der Waals surface area contributed by atoms with Crippen molar-refractivity contribution in [1.82, 2.24) is 5.43 Å². The van der Waals surface area contributed by atoms with Gasteiger partial charge in [-0.2, -0.15) is 0 Å². The molecule has 0 amide bonds. The fourth-order valence-corrected chi connectivity index (χ4v) is 2.44. The molecule has 2 atom stereocenters. The van der Waals surface area contributed by atoms with E-state index in [1.165, 1.54) is 16.7 Å². The molecule has 0 heterocycles. The Labute approximate surface area is 111 Å². The standard InChI is InChI=1S/C15H26N2O/c1-10-8-7-9-12(11(10)2)13(17-16)14(18-6)15(3,4)5/h7-9,13-14,17H,16H2,1-6H3. The van der Waals surface area contributed by atoms with Gasteiger partial charge in [0.15, 0.2) is 0 Å². The molecule has 0 fully saturated rings. The number of ether oxygens (including phenoxy) is 1. The quantitative estimate of drug-likeness (QED) is 0.638. The van der Waals surface area contributed by atoms with Gasteiger partial charge in [-0.3, -0.25) is 11.3 Å². The van der Waals surface area contributed by atoms with Crippen LogP contribution in [0.2, 0.25) is 0 Å². The van der Waals surface area contributed by atoms with Crippen LogP contribution >= 0.6 is 0 Å². The Balaban J connectivity index is 3.20. The number of benzene rings is 1. The average molecular weight is 250 g/mol. The summed E-state index contributed by atoms with van der Waals surface area (Å²) in [6.45, 7) is 10.7. The van der Waals surface area contributed by atoms with Crippen molar-refractivity contribution >= 4 is 0 Å². The summed E-state index contributed by atoms with van der Waals surface area (Å²) >= 11 is 0. The maximum Gasteiger partial charge on any atom is 0.0827 e. The van der Waals surface area contributed by atoms with Gasteiger partial charge in [-0.15, -0.1) is 0 Å². The van der Waals surface area contributed by atoms with Crippen LogP contribution in [0.25, 0.3) is 0 Å². The molecule has 102 valence electrons. The number of nitrogens with two attached hydrogens (primary N) is 1. The monoisotopic (exact) mass is 250 g/mol. The molecule has 1 aromatic carbocycles. The second-order valence-corrected chi connectivity index (χ2v) is 5.96. The first-order valence-corrected chi connectivity index (χ1v) is 6.38. The Morgan fingerprint density at radius 1 is 1.22 bits per heavy atom. The number of rotatable bonds is 4. The minimum atomic E-state index is -0.00472. The molecule has 3 heteroatoms. The summed E-state index contributed by atoms with van der Waals surface area (Å²) in [5.41, 5.74) is 6.69. The van der Waals surface area contributed by atoms with Gasteiger partial charge in [0.1, 0.15) is 0 Å². The summed E-state index contributed by atoms with van der Waals surface area (Å²) in [4.78, 5) is 0. The molecule has 1 rings (SSSR count). The Bertz CT molecular complexity index is 396. The summed E-state index contributed by atoms with van der Waals surface area (Å²) in [6, 6.07) is 6.29. The minimum absolute atomic E-state index is 0.00472. The molecule has 0 saturated carbocycles. The molecule has 0 aliphatic heterocycles. The van der Waals surface area contributed by atoms with E-state index in [-0.39, 0.29) is 17.6 Å². The summed E-state index contributed by atoms with van der Waals surface area (Å²) in [5.74, 6) is 5.77. The van der Waals surface area contributed by atoms with Gasteiger partial charge in [0.25, 0.3) is 0 Å². The molecular formula is C15H26N2O. The summed E-state index contributed by atoms with van der Waals surface area (Å²) < 4.78 is 5.67. The number of hydrogen-bond acceptors (Lipinski definition) is 3. The first-order valence-electron chi connectivity index (χ1n) is 6.38. The van der Waals surface area contributed by atoms with Crippen LogP contribution in [-0.2, 0) is 4.74 Å². The SMILES string of the molecule is COC(C(NN)c1cccc(C)c1C)C(C)(C)C. The average Bonchev–Trinajstić information content (AvgIpc) is 2.28. The highest BCUT2D eigenvalue weighted by Gasteiger charge is 2.33. The van der Waals surface area contributed by atoms with Crippen LogP contribution < -0.4 is 11.3 Å². The van der Waals surface area contributed by atoms with Gasteiger partial charge in [0.2, 0.25) is 0 Å². The highest BCUT2D eigenvalue weighted by molar-refractivity contribution is 5.36. The summed E-state index contributed by atoms with van der Waals surface area (Å²) in [6.07, 6.45) is 0.0167. The fraction of sp³-hybridized carbons (Fsp3) is 0.600. The number of hydrazine groups is 1. The Kier molecular flexibility index (Phi) is 4.91. The van der Waals surface area contributed by atoms with E-state index in [1.54, 1.807) is 7.11 Å². The van der Waals surface area contributed by atoms with Gasteiger partial charge >= 0.3 is 0 Å². The topological polar surface area (TPSA) is 47.3 Å². The second kappa shape index (κ2) is 5.83. The number of nitrogens with one attached hydrogen (secondary N) is 1. The molecule has 18 heavy (non-hydrogen) atoms. The van der Waals surface area contributed by atoms with Crippen LogP contribution in [0.5, 0.6) is 0 Å². The molecule has 1 aromatic rings. The van der Waals surface area contributed by atoms with E-state index in [0.717, 1.165) is 0 Å². The molecule has 3 N–H and O–H groups in total. The predicted octanol–water partition coefficient (Wildman–Crippen LogP) is 2.87. The van der Waals surface area contributed by atoms with E-state index in [9.17, 15) is 0 Å². The van der Waals surface area contributed by atoms with Crippen molar-refractivity contribution in [2.45, 2.75) is 46.8 Å². The predicted molar refractivity (Wildman–Crippen MR) is 76.2 cm³/mol. The first-order chi connectivity index (χ1) is 8.32. The van der Waals surface area contributed by atoms with Crippen molar-refractivity contribution in [3.63, 3.8) is 0 Å². The van der Waals surface area contributed by atoms with E-state index in [0.29, 0.717) is 0 Å². The minimum Gasteiger partial charge on any atom is -0.379 e. The van der Waals surface area contributed by atoms with Crippen molar-refractivity contribution in [2.75, 3.05) is 7.11 Å². The lowest BCUT2D eigenvalue weighted by Crippen LogP contribution is -2.44. The zero-order chi connectivity index (χ0) is 13.9. The first kappa shape index (κ1) is 15.2. The van der Waals surface area contributed by atoms with Crippen LogP contribution in [0.4, 0.5) is 0 Å². The Morgan fingerprint density at radius 3 is 2.28 bits per heavy atom. The third-order valence-corrected chi connectivity index (χ3v) is 3.57. The van der Waals surface area contributed by atoms with Gasteiger partial charge in [-0.05, 0) is 36.0 Å². The van der Waals surface area contributed by atoms with Crippen LogP contribution in [-0.4, -0.2) is 13.2 Å². The molecule has 0 saturated heterocycles. The van der Waals surface area contributed by atoms with Gasteiger partial charge < -0.3 is 4.74 Å². The lowest BCUT2D eigenvalue weighted by atomic mass is 9.81. The molecular weight excluding hydrogens is 224 g/mol. The van der Waals surface area contributed by atoms with E-state index in [1.807, 2.05) is 0 Å². The van der Waals surface area contributed by atoms with Gasteiger partial charge in [0, 0.05) is 7.11 Å². The molecule has 0 bridgehead atoms. The maximum atomic E-state index is 5.77. The van der Waals surface area contributed by atoms with Crippen molar-refractivity contribution < 1.29 is 4.74 Å². The number of methoxy groups -OCH3 is 1. The lowest BCUT2D eigenvalue weighted by Gasteiger charge is -2.36. The summed E-state index contributed by atoms with van der Waals surface area (Å²) in [5, 5.41) is 0. The molecule has 2 unspecified atom stereocenters. The number of aryl methyl sites for hydroxylation is 1. The fourth-order valence-electron chi connectivity index (χ4n) is 2.44. The van der Waals surface area contributed by atoms with Crippen molar-refractivity contribution in [1.29, 1.82) is 0 Å². The zero-order valence-corrected chi connectivity index (χ0v) is 12.4. The van der Waals surface area contributed by atoms with Crippen molar-refractivity contribution in [2.24, 2.45) is 11.3 Å². The van der Waals surface area contributed by atoms with E-state index in [2.05, 4.69) is 58.2 Å². The van der Waals surface area contributed by atoms with Crippen molar-refractivity contribution in [3.05, 3.63) is 34.9 Å². The highest BCUT2D eigenvalue weighted by atomic mass is 16.5. The van der Waals surface area contributed by atoms with Gasteiger partial charge in [-0.1, -0.05) is 39.0 Å². The van der Waals surface area contributed by atoms with Crippen molar-refractivity contribution in [3.8, 4) is 0 Å². The lowest BCUT2D eigenvalue weighted by molar-refractivity contribution is -0.0121. The smallest absolute Gasteiger partial charge is 0.0827 e. The van der Waals surface area contributed by atoms with E-state index < -0.39 is 0 Å². The zero-order valence-electron chi connectivity index (χ0n) is 12.4. The molecule has 0 aliphatic rings. The Hall–Kier alpha value is -0.900. The molecule has 0 aliphatic carbocycles. The largest absolute Gasteiger partial charge is 0.379 e. The molecule has 0 radical (unpaired) electrons. The van der Waals surface area contributed by atoms with Gasteiger partial charge in [-0.25, -0.2) is 0 Å². The molecule has 0 spiro atoms. The van der Waals surface area contributed by atoms with Gasteiger partial charge in [0.05, 0.1) is 12.1 Å². The van der Waals surface area contributed by atoms with Crippen LogP contribution in [0, 0.1) is 19.3 Å². The molecule has 0 aromatic heterocycles. The second-order valence-electron chi connectivity index (χ2n) is 5.96. The highest BCUT2D eigenvalue weighted by Crippen LogP contribution is 2.33. The third kappa shape index (κ3) is 3.10.